The Morgan fingerprint density at radius 2 is 1.12 bits per heavy atom. The van der Waals surface area contributed by atoms with E-state index in [1.807, 2.05) is 0 Å². The van der Waals surface area contributed by atoms with Gasteiger partial charge in [0.2, 0.25) is 5.88 Å². The number of carbonyl (C=O) groups excluding carboxylic acids is 2. The quantitative estimate of drug-likeness (QED) is 0.0629. The van der Waals surface area contributed by atoms with Gasteiger partial charge in [-0.05, 0) is 93.2 Å². The molecule has 16 nitrogen and oxygen atoms in total. The molecule has 0 aliphatic heterocycles. The molecule has 0 aliphatic rings. The molecule has 0 fully saturated rings. The summed E-state index contributed by atoms with van der Waals surface area (Å²) in [5, 5.41) is 18.6. The van der Waals surface area contributed by atoms with Crippen molar-refractivity contribution in [3.63, 3.8) is 0 Å². The summed E-state index contributed by atoms with van der Waals surface area (Å²) in [6.45, 7) is -0.0374. The van der Waals surface area contributed by atoms with Gasteiger partial charge < -0.3 is 28.2 Å². The van der Waals surface area contributed by atoms with E-state index in [0.29, 0.717) is 64.3 Å². The van der Waals surface area contributed by atoms with Crippen LogP contribution in [0.1, 0.15) is 36.4 Å². The lowest BCUT2D eigenvalue weighted by Crippen LogP contribution is -2.28. The molecule has 8 heterocycles. The molecular formula is C52H39Br2ClF8N8O8S2. The number of carbonyl (C=O) groups is 2. The van der Waals surface area contributed by atoms with Gasteiger partial charge in [-0.15, -0.1) is 22.7 Å². The number of Topliss-reactive ketones (excluding diaryl/α,β-unsaturated/α-hetero) is 2. The number of aliphatic hydroxyl groups is 1. The second kappa shape index (κ2) is 26.2. The Bertz CT molecular complexity index is 3810. The summed E-state index contributed by atoms with van der Waals surface area (Å²) < 4.78 is 133. The smallest absolute Gasteiger partial charge is 0.408 e. The van der Waals surface area contributed by atoms with Crippen molar-refractivity contribution in [1.82, 2.24) is 39.5 Å². The molecule has 10 aromatic rings. The highest BCUT2D eigenvalue weighted by Crippen LogP contribution is 2.46. The number of hydrogen-bond donors (Lipinski definition) is 1. The Labute approximate surface area is 482 Å². The molecule has 0 amide bonds. The highest BCUT2D eigenvalue weighted by molar-refractivity contribution is 9.11. The Balaban J connectivity index is 0.000000177. The van der Waals surface area contributed by atoms with Gasteiger partial charge in [0.25, 0.3) is 12.0 Å². The van der Waals surface area contributed by atoms with Gasteiger partial charge in [-0.3, -0.25) is 19.0 Å². The number of thiophene rings is 2. The van der Waals surface area contributed by atoms with Crippen LogP contribution in [0.25, 0.3) is 41.7 Å². The van der Waals surface area contributed by atoms with Crippen LogP contribution in [-0.4, -0.2) is 80.7 Å². The lowest BCUT2D eigenvalue weighted by Gasteiger charge is -2.19. The summed E-state index contributed by atoms with van der Waals surface area (Å²) in [5.41, 5.74) is 1.71. The van der Waals surface area contributed by atoms with Gasteiger partial charge in [0.1, 0.15) is 82.9 Å². The zero-order chi connectivity index (χ0) is 58.2. The van der Waals surface area contributed by atoms with Gasteiger partial charge in [-0.2, -0.15) is 45.3 Å². The average molecular weight is 1320 g/mol. The summed E-state index contributed by atoms with van der Waals surface area (Å²) in [6, 6.07) is 20.7. The van der Waals surface area contributed by atoms with Crippen molar-refractivity contribution in [2.75, 3.05) is 0 Å². The molecule has 0 bridgehead atoms. The minimum Gasteiger partial charge on any atom is -0.487 e. The summed E-state index contributed by atoms with van der Waals surface area (Å²) in [7, 11) is 0. The van der Waals surface area contributed by atoms with Gasteiger partial charge in [-0.25, -0.2) is 19.9 Å². The van der Waals surface area contributed by atoms with E-state index in [0.717, 1.165) is 23.5 Å². The van der Waals surface area contributed by atoms with Crippen LogP contribution >= 0.6 is 66.1 Å². The maximum Gasteiger partial charge on any atom is 0.408 e. The maximum atomic E-state index is 13.5. The van der Waals surface area contributed by atoms with E-state index in [1.54, 1.807) is 54.6 Å². The van der Waals surface area contributed by atoms with Crippen molar-refractivity contribution in [1.29, 1.82) is 0 Å². The van der Waals surface area contributed by atoms with Crippen molar-refractivity contribution >= 4 is 98.1 Å². The van der Waals surface area contributed by atoms with Crippen molar-refractivity contribution in [3.05, 3.63) is 159 Å². The number of ketones is 2. The van der Waals surface area contributed by atoms with Crippen molar-refractivity contribution < 1.29 is 72.9 Å². The topological polar surface area (TPSA) is 196 Å². The van der Waals surface area contributed by atoms with E-state index in [-0.39, 0.29) is 54.9 Å². The minimum atomic E-state index is -4.43. The monoisotopic (exact) mass is 1310 g/mol. The summed E-state index contributed by atoms with van der Waals surface area (Å²) >= 11 is 15.5. The number of furan rings is 2. The summed E-state index contributed by atoms with van der Waals surface area (Å²) in [6.07, 6.45) is -5.52. The third-order valence-corrected chi connectivity index (χ3v) is 16.0. The second-order valence-corrected chi connectivity index (χ2v) is 21.1. The molecule has 29 heteroatoms. The summed E-state index contributed by atoms with van der Waals surface area (Å²) in [4.78, 5) is 42.9. The number of alkyl halides is 6. The number of hydrogen-bond acceptors (Lipinski definition) is 16. The molecule has 0 saturated heterocycles. The number of ether oxygens (including phenoxy) is 3. The number of nitrogens with zero attached hydrogens (tertiary/aromatic N) is 8. The Kier molecular flexibility index (Phi) is 19.4. The second-order valence-electron chi connectivity index (χ2n) is 17.1. The predicted octanol–water partition coefficient (Wildman–Crippen LogP) is 13.8. The molecule has 0 unspecified atom stereocenters. The van der Waals surface area contributed by atoms with Crippen LogP contribution in [0, 0.1) is 12.0 Å². The molecule has 81 heavy (non-hydrogen) atoms. The first-order chi connectivity index (χ1) is 38.5. The fourth-order valence-electron chi connectivity index (χ4n) is 7.49. The van der Waals surface area contributed by atoms with E-state index in [4.69, 9.17) is 34.6 Å². The minimum absolute atomic E-state index is 0.0767. The largest absolute Gasteiger partial charge is 0.487 e. The zero-order valence-electron chi connectivity index (χ0n) is 41.6. The van der Waals surface area contributed by atoms with Crippen molar-refractivity contribution in [3.8, 4) is 38.7 Å². The van der Waals surface area contributed by atoms with Crippen LogP contribution in [-0.2, 0) is 48.7 Å². The fraction of sp³-hybridized carbons (Fsp3) is 0.231. The standard InChI is InChI=1S/C26H19BrF4N4O4S.C16H17F3N2O3.C10H3BrClFN2OS/c1-14(36)19(39-24-21-22(27)23(18-6-7-20(28)38-18)40-25(21)33-13-32-24)10-15-4-2-3-5-17(15)37-11-16-8-9-34-35(16)12-26(29,30)31;1-11(22)14(23)8-12-4-2-3-5-15(12)24-9-13-6-7-20-21(13)10-16(17,18)19;11-7-6-9(12)14-3-15-10(6)17-8(7)4-1-2-5(13)16-4/h2-9,13,19H,10-12H2,1H3;2-7,14,23H,8-10H2,1H3;1-3H/t19-;14-;/m11./s1. The summed E-state index contributed by atoms with van der Waals surface area (Å²) in [5.74, 6) is 0.998. The van der Waals surface area contributed by atoms with Crippen LogP contribution in [0.15, 0.2) is 128 Å². The normalized spacial score (nSPS) is 12.4. The molecule has 0 aliphatic carbocycles. The third-order valence-electron chi connectivity index (χ3n) is 11.3. The van der Waals surface area contributed by atoms with Crippen molar-refractivity contribution in [2.45, 2.75) is 77.6 Å². The first-order valence-electron chi connectivity index (χ1n) is 23.5. The van der Waals surface area contributed by atoms with E-state index in [2.05, 4.69) is 62.0 Å². The Morgan fingerprint density at radius 1 is 0.654 bits per heavy atom. The molecule has 0 radical (unpaired) electrons. The molecule has 424 valence electrons. The first-order valence-corrected chi connectivity index (χ1v) is 27.1. The first kappa shape index (κ1) is 60.0. The van der Waals surface area contributed by atoms with Gasteiger partial charge in [0.05, 0.1) is 40.9 Å². The third kappa shape index (κ3) is 15.7. The Morgan fingerprint density at radius 3 is 1.58 bits per heavy atom. The number of aliphatic hydroxyl groups excluding tert-OH is 1. The number of halogens is 11. The molecule has 10 rings (SSSR count). The van der Waals surface area contributed by atoms with E-state index < -0.39 is 49.7 Å². The number of para-hydroxylation sites is 2. The maximum absolute atomic E-state index is 13.5. The molecule has 1 N–H and O–H groups in total. The molecule has 2 aromatic carbocycles. The SMILES string of the molecule is CC(=O)[C@@H](Cc1ccccc1OCc1ccnn1CC(F)(F)F)Oc1ncnc2sc(-c3ccc(F)o3)c(Br)c12.CC(=O)[C@H](O)Cc1ccccc1OCc1ccnn1CC(F)(F)F.Fc1ccc(-c2sc3ncnc(Cl)c3c2Br)o1. The molecule has 8 aromatic heterocycles. The highest BCUT2D eigenvalue weighted by atomic mass is 79.9. The lowest BCUT2D eigenvalue weighted by atomic mass is 10.0. The van der Waals surface area contributed by atoms with Crippen molar-refractivity contribution in [2.24, 2.45) is 0 Å². The van der Waals surface area contributed by atoms with Gasteiger partial charge in [0, 0.05) is 37.4 Å². The number of fused-ring (bicyclic) bond motifs is 2. The van der Waals surface area contributed by atoms with Crippen LogP contribution in [0.2, 0.25) is 5.15 Å². The van der Waals surface area contributed by atoms with E-state index in [1.165, 1.54) is 91.9 Å². The molecular weight excluding hydrogens is 1280 g/mol. The highest BCUT2D eigenvalue weighted by Gasteiger charge is 2.31. The van der Waals surface area contributed by atoms with Gasteiger partial charge in [-0.1, -0.05) is 48.0 Å². The average Bonchev–Trinajstić information content (AvgIpc) is 4.47. The van der Waals surface area contributed by atoms with Crippen LogP contribution in [0.4, 0.5) is 35.1 Å². The molecule has 0 spiro atoms. The number of aromatic nitrogens is 8. The number of rotatable bonds is 18. The predicted molar refractivity (Wildman–Crippen MR) is 288 cm³/mol. The number of benzene rings is 2. The van der Waals surface area contributed by atoms with Gasteiger partial charge >= 0.3 is 12.4 Å². The lowest BCUT2D eigenvalue weighted by molar-refractivity contribution is -0.144. The van der Waals surface area contributed by atoms with Crippen LogP contribution in [0.3, 0.4) is 0 Å². The van der Waals surface area contributed by atoms with E-state index in [9.17, 15) is 49.8 Å². The Hall–Kier alpha value is -7.11. The molecule has 0 saturated carbocycles. The van der Waals surface area contributed by atoms with Crippen LogP contribution < -0.4 is 14.2 Å². The molecule has 2 atom stereocenters. The fourth-order valence-corrected chi connectivity index (χ4v) is 11.7. The zero-order valence-corrected chi connectivity index (χ0v) is 47.2. The van der Waals surface area contributed by atoms with Gasteiger partial charge in [0.15, 0.2) is 17.7 Å². The van der Waals surface area contributed by atoms with Crippen LogP contribution in [0.5, 0.6) is 17.4 Å². The van der Waals surface area contributed by atoms with E-state index >= 15 is 0 Å².